The normalized spacial score (nSPS) is 10.7. The number of ether oxygens (including phenoxy) is 1. The molecule has 0 radical (unpaired) electrons. The van der Waals surface area contributed by atoms with Crippen molar-refractivity contribution in [3.8, 4) is 0 Å². The van der Waals surface area contributed by atoms with Crippen molar-refractivity contribution in [2.75, 3.05) is 13.2 Å². The molecule has 0 fully saturated rings. The minimum Gasteiger partial charge on any atom is -0.373 e. The van der Waals surface area contributed by atoms with Crippen LogP contribution in [0.3, 0.4) is 0 Å². The van der Waals surface area contributed by atoms with Crippen molar-refractivity contribution in [3.63, 3.8) is 0 Å². The first-order valence-corrected chi connectivity index (χ1v) is 5.31. The van der Waals surface area contributed by atoms with Crippen molar-refractivity contribution >= 4 is 5.78 Å². The number of carbonyl (C=O) groups excluding carboxylic acids is 1. The van der Waals surface area contributed by atoms with Crippen LogP contribution in [0.25, 0.3) is 0 Å². The van der Waals surface area contributed by atoms with E-state index in [0.717, 1.165) is 23.4 Å². The van der Waals surface area contributed by atoms with Crippen molar-refractivity contribution < 1.29 is 9.53 Å². The number of hydrogen-bond acceptors (Lipinski definition) is 2. The molecule has 0 spiro atoms. The lowest BCUT2D eigenvalue weighted by Gasteiger charge is -2.03. The van der Waals surface area contributed by atoms with Gasteiger partial charge >= 0.3 is 0 Å². The van der Waals surface area contributed by atoms with Gasteiger partial charge in [-0.05, 0) is 26.3 Å². The highest BCUT2D eigenvalue weighted by atomic mass is 16.5. The lowest BCUT2D eigenvalue weighted by atomic mass is 10.1. The summed E-state index contributed by atoms with van der Waals surface area (Å²) in [5, 5.41) is 0. The molecule has 3 heteroatoms. The Kier molecular flexibility index (Phi) is 4.09. The standard InChI is InChI=1S/C12H19NO2/c1-5-6-15-8-12(14)11-7-9(2)13(4)10(11)3/h7H,5-6,8H2,1-4H3. The van der Waals surface area contributed by atoms with Gasteiger partial charge in [0.15, 0.2) is 5.78 Å². The molecular weight excluding hydrogens is 190 g/mol. The number of carbonyl (C=O) groups is 1. The highest BCUT2D eigenvalue weighted by Gasteiger charge is 2.13. The summed E-state index contributed by atoms with van der Waals surface area (Å²) in [5.74, 6) is 0.0738. The van der Waals surface area contributed by atoms with Gasteiger partial charge in [0.2, 0.25) is 0 Å². The summed E-state index contributed by atoms with van der Waals surface area (Å²) < 4.78 is 7.27. The van der Waals surface area contributed by atoms with Crippen molar-refractivity contribution in [2.24, 2.45) is 7.05 Å². The van der Waals surface area contributed by atoms with E-state index in [1.807, 2.05) is 38.5 Å². The van der Waals surface area contributed by atoms with Crippen LogP contribution in [0.4, 0.5) is 0 Å². The summed E-state index contributed by atoms with van der Waals surface area (Å²) in [5.41, 5.74) is 2.90. The van der Waals surface area contributed by atoms with Crippen molar-refractivity contribution in [3.05, 3.63) is 23.0 Å². The first kappa shape index (κ1) is 12.0. The van der Waals surface area contributed by atoms with Gasteiger partial charge in [-0.15, -0.1) is 0 Å². The van der Waals surface area contributed by atoms with E-state index in [4.69, 9.17) is 4.74 Å². The highest BCUT2D eigenvalue weighted by Crippen LogP contribution is 2.13. The molecule has 1 heterocycles. The Morgan fingerprint density at radius 3 is 2.60 bits per heavy atom. The summed E-state index contributed by atoms with van der Waals surface area (Å²) >= 11 is 0. The summed E-state index contributed by atoms with van der Waals surface area (Å²) in [6, 6.07) is 1.92. The van der Waals surface area contributed by atoms with Crippen molar-refractivity contribution in [1.82, 2.24) is 4.57 Å². The van der Waals surface area contributed by atoms with E-state index >= 15 is 0 Å². The highest BCUT2D eigenvalue weighted by molar-refractivity contribution is 5.98. The Labute approximate surface area is 91.0 Å². The maximum Gasteiger partial charge on any atom is 0.190 e. The second-order valence-electron chi connectivity index (χ2n) is 3.82. The Morgan fingerprint density at radius 1 is 1.47 bits per heavy atom. The van der Waals surface area contributed by atoms with Crippen molar-refractivity contribution in [2.45, 2.75) is 27.2 Å². The molecule has 0 N–H and O–H groups in total. The van der Waals surface area contributed by atoms with E-state index in [2.05, 4.69) is 0 Å². The summed E-state index contributed by atoms with van der Waals surface area (Å²) in [6.45, 7) is 6.83. The molecule has 0 unspecified atom stereocenters. The van der Waals surface area contributed by atoms with Crippen LogP contribution in [0, 0.1) is 13.8 Å². The number of hydrogen-bond donors (Lipinski definition) is 0. The van der Waals surface area contributed by atoms with Gasteiger partial charge in [0.1, 0.15) is 6.61 Å². The van der Waals surface area contributed by atoms with Crippen LogP contribution in [0.1, 0.15) is 35.1 Å². The number of aromatic nitrogens is 1. The molecular formula is C12H19NO2. The number of Topliss-reactive ketones (excluding diaryl/α,β-unsaturated/α-hetero) is 1. The molecule has 1 rings (SSSR count). The fourth-order valence-corrected chi connectivity index (χ4v) is 1.52. The molecule has 84 valence electrons. The Hall–Kier alpha value is -1.09. The molecule has 1 aromatic rings. The monoisotopic (exact) mass is 209 g/mol. The molecule has 15 heavy (non-hydrogen) atoms. The predicted molar refractivity (Wildman–Crippen MR) is 60.3 cm³/mol. The summed E-state index contributed by atoms with van der Waals surface area (Å²) in [4.78, 5) is 11.8. The molecule has 0 saturated heterocycles. The van der Waals surface area contributed by atoms with Crippen LogP contribution in [0.5, 0.6) is 0 Å². The number of nitrogens with zero attached hydrogens (tertiary/aromatic N) is 1. The van der Waals surface area contributed by atoms with Crippen LogP contribution in [-0.4, -0.2) is 23.6 Å². The quantitative estimate of drug-likeness (QED) is 0.550. The molecule has 0 saturated carbocycles. The average molecular weight is 209 g/mol. The first-order chi connectivity index (χ1) is 7.07. The lowest BCUT2D eigenvalue weighted by molar-refractivity contribution is 0.0760. The average Bonchev–Trinajstić information content (AvgIpc) is 2.46. The molecule has 0 aliphatic rings. The molecule has 0 aliphatic heterocycles. The Morgan fingerprint density at radius 2 is 2.13 bits per heavy atom. The topological polar surface area (TPSA) is 31.2 Å². The molecule has 3 nitrogen and oxygen atoms in total. The zero-order valence-corrected chi connectivity index (χ0v) is 9.96. The van der Waals surface area contributed by atoms with Gasteiger partial charge in [0.25, 0.3) is 0 Å². The minimum absolute atomic E-state index is 0.0738. The van der Waals surface area contributed by atoms with Crippen molar-refractivity contribution in [1.29, 1.82) is 0 Å². The van der Waals surface area contributed by atoms with Crippen LogP contribution >= 0.6 is 0 Å². The van der Waals surface area contributed by atoms with E-state index in [9.17, 15) is 4.79 Å². The largest absolute Gasteiger partial charge is 0.373 e. The second kappa shape index (κ2) is 5.12. The zero-order valence-electron chi connectivity index (χ0n) is 9.96. The third-order valence-corrected chi connectivity index (χ3v) is 2.66. The fourth-order valence-electron chi connectivity index (χ4n) is 1.52. The third-order valence-electron chi connectivity index (χ3n) is 2.66. The second-order valence-corrected chi connectivity index (χ2v) is 3.82. The van der Waals surface area contributed by atoms with Crippen LogP contribution in [0.15, 0.2) is 6.07 Å². The first-order valence-electron chi connectivity index (χ1n) is 5.31. The Bertz CT molecular complexity index is 353. The molecule has 0 aliphatic carbocycles. The maximum atomic E-state index is 11.8. The van der Waals surface area contributed by atoms with Gasteiger partial charge in [-0.1, -0.05) is 6.92 Å². The minimum atomic E-state index is 0.0738. The van der Waals surface area contributed by atoms with E-state index in [-0.39, 0.29) is 12.4 Å². The smallest absolute Gasteiger partial charge is 0.190 e. The molecule has 0 atom stereocenters. The number of ketones is 1. The van der Waals surface area contributed by atoms with E-state index in [0.29, 0.717) is 6.61 Å². The van der Waals surface area contributed by atoms with Gasteiger partial charge in [-0.2, -0.15) is 0 Å². The van der Waals surface area contributed by atoms with Crippen LogP contribution in [0.2, 0.25) is 0 Å². The summed E-state index contributed by atoms with van der Waals surface area (Å²) in [7, 11) is 1.97. The van der Waals surface area contributed by atoms with E-state index in [1.165, 1.54) is 0 Å². The zero-order chi connectivity index (χ0) is 11.4. The van der Waals surface area contributed by atoms with Gasteiger partial charge in [-0.3, -0.25) is 4.79 Å². The summed E-state index contributed by atoms with van der Waals surface area (Å²) in [6.07, 6.45) is 0.945. The maximum absolute atomic E-state index is 11.8. The van der Waals surface area contributed by atoms with E-state index < -0.39 is 0 Å². The van der Waals surface area contributed by atoms with Crippen LogP contribution in [-0.2, 0) is 11.8 Å². The lowest BCUT2D eigenvalue weighted by Crippen LogP contribution is -2.10. The molecule has 0 amide bonds. The van der Waals surface area contributed by atoms with Gasteiger partial charge in [-0.25, -0.2) is 0 Å². The number of aryl methyl sites for hydroxylation is 1. The molecule has 1 aromatic heterocycles. The van der Waals surface area contributed by atoms with Gasteiger partial charge in [0, 0.05) is 30.6 Å². The number of rotatable bonds is 5. The predicted octanol–water partition coefficient (Wildman–Crippen LogP) is 2.25. The molecule has 0 aromatic carbocycles. The Balaban J connectivity index is 2.70. The third kappa shape index (κ3) is 2.69. The van der Waals surface area contributed by atoms with Crippen LogP contribution < -0.4 is 0 Å². The fraction of sp³-hybridized carbons (Fsp3) is 0.583. The SMILES string of the molecule is CCCOCC(=O)c1cc(C)n(C)c1C. The van der Waals surface area contributed by atoms with E-state index in [1.54, 1.807) is 0 Å². The van der Waals surface area contributed by atoms with Gasteiger partial charge in [0.05, 0.1) is 0 Å². The molecule has 0 bridgehead atoms. The van der Waals surface area contributed by atoms with Gasteiger partial charge < -0.3 is 9.30 Å².